The Bertz CT molecular complexity index is 165. The van der Waals surface area contributed by atoms with E-state index in [0.29, 0.717) is 0 Å². The Morgan fingerprint density at radius 2 is 1.88 bits per heavy atom. The molecule has 0 saturated carbocycles. The van der Waals surface area contributed by atoms with Crippen LogP contribution in [0.25, 0.3) is 0 Å². The first-order chi connectivity index (χ1) is 3.80. The molecule has 0 amide bonds. The van der Waals surface area contributed by atoms with E-state index >= 15 is 0 Å². The van der Waals surface area contributed by atoms with Gasteiger partial charge in [-0.05, 0) is 0 Å². The molecule has 8 heavy (non-hydrogen) atoms. The molecular weight excluding hydrogens is 132 g/mol. The molecular formula is C6H4ClMg+. The SMILES string of the molecule is [Mg+][c]1ccccc1Cl. The zero-order valence-corrected chi connectivity index (χ0v) is 6.56. The summed E-state index contributed by atoms with van der Waals surface area (Å²) in [6.07, 6.45) is 0. The standard InChI is InChI=1S/C6H4Cl.Mg/c7-6-4-2-1-3-5-6;/h1-4H;/q;+1. The first kappa shape index (κ1) is 6.40. The number of halogens is 1. The van der Waals surface area contributed by atoms with E-state index in [9.17, 15) is 0 Å². The van der Waals surface area contributed by atoms with Gasteiger partial charge in [-0.25, -0.2) is 0 Å². The third-order valence-corrected chi connectivity index (χ3v) is 2.17. The van der Waals surface area contributed by atoms with Gasteiger partial charge in [0.25, 0.3) is 0 Å². The molecule has 0 aliphatic heterocycles. The third-order valence-electron chi connectivity index (χ3n) is 0.958. The van der Waals surface area contributed by atoms with Crippen LogP contribution in [0, 0.1) is 0 Å². The van der Waals surface area contributed by atoms with Crippen molar-refractivity contribution in [3.63, 3.8) is 0 Å². The monoisotopic (exact) mass is 135 g/mol. The van der Waals surface area contributed by atoms with Crippen LogP contribution >= 0.6 is 11.6 Å². The van der Waals surface area contributed by atoms with E-state index in [1.807, 2.05) is 24.3 Å². The van der Waals surface area contributed by atoms with E-state index in [2.05, 4.69) is 0 Å². The molecule has 0 atom stereocenters. The minimum absolute atomic E-state index is 0.853. The van der Waals surface area contributed by atoms with Crippen molar-refractivity contribution < 1.29 is 0 Å². The van der Waals surface area contributed by atoms with Gasteiger partial charge < -0.3 is 0 Å². The van der Waals surface area contributed by atoms with Gasteiger partial charge in [-0.15, -0.1) is 0 Å². The fourth-order valence-electron chi connectivity index (χ4n) is 0.498. The van der Waals surface area contributed by atoms with E-state index in [0.717, 1.165) is 8.72 Å². The van der Waals surface area contributed by atoms with Crippen molar-refractivity contribution in [1.29, 1.82) is 0 Å². The molecule has 2 heteroatoms. The van der Waals surface area contributed by atoms with Gasteiger partial charge in [0.05, 0.1) is 0 Å². The summed E-state index contributed by atoms with van der Waals surface area (Å²) in [6, 6.07) is 7.80. The minimum atomic E-state index is 0.853. The maximum absolute atomic E-state index is 5.72. The first-order valence-corrected chi connectivity index (χ1v) is 3.45. The van der Waals surface area contributed by atoms with Gasteiger partial charge in [0, 0.05) is 0 Å². The van der Waals surface area contributed by atoms with E-state index in [4.69, 9.17) is 11.6 Å². The van der Waals surface area contributed by atoms with E-state index in [1.165, 1.54) is 0 Å². The van der Waals surface area contributed by atoms with Gasteiger partial charge in [0.2, 0.25) is 0 Å². The molecule has 1 aromatic carbocycles. The zero-order valence-electron chi connectivity index (χ0n) is 4.39. The van der Waals surface area contributed by atoms with Crippen LogP contribution in [-0.4, -0.2) is 21.7 Å². The van der Waals surface area contributed by atoms with Crippen LogP contribution in [0.1, 0.15) is 0 Å². The Kier molecular flexibility index (Phi) is 2.17. The summed E-state index contributed by atoms with van der Waals surface area (Å²) in [5.74, 6) is 0. The van der Waals surface area contributed by atoms with Gasteiger partial charge in [-0.2, -0.15) is 0 Å². The van der Waals surface area contributed by atoms with Crippen LogP contribution in [0.2, 0.25) is 5.02 Å². The fourth-order valence-corrected chi connectivity index (χ4v) is 0.888. The molecule has 0 bridgehead atoms. The van der Waals surface area contributed by atoms with Gasteiger partial charge in [-0.3, -0.25) is 0 Å². The average molecular weight is 136 g/mol. The quantitative estimate of drug-likeness (QED) is 0.469. The molecule has 0 saturated heterocycles. The summed E-state index contributed by atoms with van der Waals surface area (Å²) in [4.78, 5) is 0. The van der Waals surface area contributed by atoms with Gasteiger partial charge in [-0.1, -0.05) is 0 Å². The molecule has 0 N–H and O–H groups in total. The summed E-state index contributed by atoms with van der Waals surface area (Å²) in [5.41, 5.74) is 0. The van der Waals surface area contributed by atoms with E-state index in [1.54, 1.807) is 21.7 Å². The number of benzene rings is 1. The Morgan fingerprint density at radius 3 is 2.25 bits per heavy atom. The predicted octanol–water partition coefficient (Wildman–Crippen LogP) is 1.13. The molecule has 1 rings (SSSR count). The molecule has 36 valence electrons. The molecule has 0 unspecified atom stereocenters. The van der Waals surface area contributed by atoms with Crippen molar-refractivity contribution in [2.24, 2.45) is 0 Å². The van der Waals surface area contributed by atoms with Gasteiger partial charge >= 0.3 is 66.3 Å². The van der Waals surface area contributed by atoms with E-state index < -0.39 is 0 Å². The Morgan fingerprint density at radius 1 is 1.25 bits per heavy atom. The predicted molar refractivity (Wildman–Crippen MR) is 36.8 cm³/mol. The fraction of sp³-hybridized carbons (Fsp3) is 0. The second-order valence-electron chi connectivity index (χ2n) is 1.59. The zero-order chi connectivity index (χ0) is 5.98. The number of hydrogen-bond acceptors (Lipinski definition) is 0. The second kappa shape index (κ2) is 2.71. The normalized spacial score (nSPS) is 9.38. The van der Waals surface area contributed by atoms with Crippen LogP contribution in [0.5, 0.6) is 0 Å². The van der Waals surface area contributed by atoms with Crippen molar-refractivity contribution in [3.05, 3.63) is 29.3 Å². The van der Waals surface area contributed by atoms with Gasteiger partial charge in [0.1, 0.15) is 0 Å². The molecule has 0 fully saturated rings. The molecule has 0 aliphatic rings. The number of rotatable bonds is 0. The van der Waals surface area contributed by atoms with Crippen molar-refractivity contribution in [3.8, 4) is 0 Å². The maximum atomic E-state index is 5.72. The molecule has 0 radical (unpaired) electrons. The van der Waals surface area contributed by atoms with Crippen LogP contribution in [-0.2, 0) is 0 Å². The van der Waals surface area contributed by atoms with Crippen LogP contribution < -0.4 is 3.69 Å². The topological polar surface area (TPSA) is 0 Å². The summed E-state index contributed by atoms with van der Waals surface area (Å²) >= 11 is 7.52. The van der Waals surface area contributed by atoms with Crippen molar-refractivity contribution in [2.45, 2.75) is 0 Å². The van der Waals surface area contributed by atoms with Crippen LogP contribution in [0.15, 0.2) is 24.3 Å². The molecule has 0 aliphatic carbocycles. The summed E-state index contributed by atoms with van der Waals surface area (Å²) in [5, 5.41) is 0.853. The average Bonchev–Trinajstić information content (AvgIpc) is 1.77. The molecule has 0 spiro atoms. The molecule has 1 aromatic rings. The van der Waals surface area contributed by atoms with Crippen LogP contribution in [0.4, 0.5) is 0 Å². The molecule has 0 nitrogen and oxygen atoms in total. The summed E-state index contributed by atoms with van der Waals surface area (Å²) < 4.78 is 1.16. The third kappa shape index (κ3) is 1.37. The van der Waals surface area contributed by atoms with Crippen LogP contribution in [0.3, 0.4) is 0 Å². The number of hydrogen-bond donors (Lipinski definition) is 0. The Labute approximate surface area is 66.3 Å². The van der Waals surface area contributed by atoms with Crippen molar-refractivity contribution >= 4 is 37.0 Å². The van der Waals surface area contributed by atoms with Crippen molar-refractivity contribution in [1.82, 2.24) is 0 Å². The Balaban J connectivity index is 3.13. The van der Waals surface area contributed by atoms with Crippen molar-refractivity contribution in [2.75, 3.05) is 0 Å². The first-order valence-electron chi connectivity index (χ1n) is 2.37. The second-order valence-corrected chi connectivity index (χ2v) is 2.76. The van der Waals surface area contributed by atoms with E-state index in [-0.39, 0.29) is 0 Å². The summed E-state index contributed by atoms with van der Waals surface area (Å²) in [6.45, 7) is 0. The Hall–Kier alpha value is 0.276. The molecule has 0 aromatic heterocycles. The molecule has 0 heterocycles. The summed E-state index contributed by atoms with van der Waals surface area (Å²) in [7, 11) is 0. The van der Waals surface area contributed by atoms with Gasteiger partial charge in [0.15, 0.2) is 0 Å².